The minimum atomic E-state index is -0.506. The Morgan fingerprint density at radius 3 is 2.80 bits per heavy atom. The molecular formula is C16H16O4. The molecule has 1 aliphatic rings. The van der Waals surface area contributed by atoms with Crippen molar-refractivity contribution in [2.45, 2.75) is 39.2 Å². The maximum atomic E-state index is 11.9. The van der Waals surface area contributed by atoms with E-state index in [2.05, 4.69) is 0 Å². The number of ether oxygens (including phenoxy) is 1. The molecule has 0 aliphatic heterocycles. The van der Waals surface area contributed by atoms with Gasteiger partial charge in [-0.3, -0.25) is 4.79 Å². The van der Waals surface area contributed by atoms with E-state index in [-0.39, 0.29) is 11.4 Å². The topological polar surface area (TPSA) is 56.5 Å². The predicted molar refractivity (Wildman–Crippen MR) is 75.3 cm³/mol. The van der Waals surface area contributed by atoms with Gasteiger partial charge in [-0.2, -0.15) is 0 Å². The van der Waals surface area contributed by atoms with Crippen LogP contribution in [0.4, 0.5) is 0 Å². The second-order valence-corrected chi connectivity index (χ2v) is 5.23. The molecule has 0 bridgehead atoms. The van der Waals surface area contributed by atoms with Crippen molar-refractivity contribution in [3.05, 3.63) is 39.7 Å². The van der Waals surface area contributed by atoms with Crippen LogP contribution in [-0.4, -0.2) is 11.9 Å². The minimum absolute atomic E-state index is 0.0412. The summed E-state index contributed by atoms with van der Waals surface area (Å²) in [6.07, 6.45) is 2.21. The van der Waals surface area contributed by atoms with Gasteiger partial charge < -0.3 is 9.15 Å². The Balaban J connectivity index is 2.06. The summed E-state index contributed by atoms with van der Waals surface area (Å²) in [7, 11) is 0. The van der Waals surface area contributed by atoms with Crippen LogP contribution in [-0.2, 0) is 17.6 Å². The van der Waals surface area contributed by atoms with E-state index in [1.54, 1.807) is 13.0 Å². The summed E-state index contributed by atoms with van der Waals surface area (Å²) in [6, 6.07) is 5.42. The number of rotatable bonds is 3. The van der Waals surface area contributed by atoms with E-state index in [0.717, 1.165) is 35.8 Å². The molecule has 1 aromatic heterocycles. The van der Waals surface area contributed by atoms with E-state index in [0.29, 0.717) is 11.3 Å². The van der Waals surface area contributed by atoms with Crippen molar-refractivity contribution in [3.8, 4) is 5.75 Å². The summed E-state index contributed by atoms with van der Waals surface area (Å²) in [4.78, 5) is 23.1. The highest BCUT2D eigenvalue weighted by atomic mass is 16.5. The van der Waals surface area contributed by atoms with Crippen molar-refractivity contribution in [1.29, 1.82) is 0 Å². The molecule has 1 unspecified atom stereocenters. The quantitative estimate of drug-likeness (QED) is 0.806. The van der Waals surface area contributed by atoms with E-state index in [9.17, 15) is 9.59 Å². The first kappa shape index (κ1) is 12.9. The predicted octanol–water partition coefficient (Wildman–Crippen LogP) is 2.64. The molecule has 0 fully saturated rings. The van der Waals surface area contributed by atoms with E-state index in [4.69, 9.17) is 9.15 Å². The number of aryl methyl sites for hydroxylation is 1. The smallest absolute Gasteiger partial charge is 0.339 e. The molecule has 20 heavy (non-hydrogen) atoms. The highest BCUT2D eigenvalue weighted by molar-refractivity contribution is 5.83. The van der Waals surface area contributed by atoms with Crippen molar-refractivity contribution in [3.63, 3.8) is 0 Å². The van der Waals surface area contributed by atoms with Crippen LogP contribution in [0.15, 0.2) is 27.4 Å². The summed E-state index contributed by atoms with van der Waals surface area (Å²) < 4.78 is 10.9. The minimum Gasteiger partial charge on any atom is -0.483 e. The third-order valence-electron chi connectivity index (χ3n) is 3.83. The molecular weight excluding hydrogens is 256 g/mol. The van der Waals surface area contributed by atoms with Crippen LogP contribution < -0.4 is 10.4 Å². The average molecular weight is 272 g/mol. The van der Waals surface area contributed by atoms with Crippen LogP contribution in [0.1, 0.15) is 31.4 Å². The van der Waals surface area contributed by atoms with Gasteiger partial charge in [-0.05, 0) is 50.8 Å². The average Bonchev–Trinajstić information content (AvgIpc) is 2.88. The number of benzene rings is 1. The first-order valence-electron chi connectivity index (χ1n) is 6.82. The molecule has 3 rings (SSSR count). The van der Waals surface area contributed by atoms with Crippen molar-refractivity contribution in [2.24, 2.45) is 0 Å². The van der Waals surface area contributed by atoms with E-state index < -0.39 is 6.10 Å². The first-order chi connectivity index (χ1) is 9.56. The standard InChI is InChI=1S/C16H16O4/c1-9(17)10(2)19-11-6-7-13-12-4-3-5-14(12)16(18)20-15(13)8-11/h6-8,10H,3-5H2,1-2H3. The first-order valence-corrected chi connectivity index (χ1v) is 6.82. The molecule has 1 aliphatic carbocycles. The monoisotopic (exact) mass is 272 g/mol. The lowest BCUT2D eigenvalue weighted by Gasteiger charge is -2.12. The fraction of sp³-hybridized carbons (Fsp3) is 0.375. The Labute approximate surface area is 116 Å². The number of hydrogen-bond acceptors (Lipinski definition) is 4. The molecule has 4 nitrogen and oxygen atoms in total. The lowest BCUT2D eigenvalue weighted by atomic mass is 10.1. The number of ketones is 1. The highest BCUT2D eigenvalue weighted by Gasteiger charge is 2.20. The number of carbonyl (C=O) groups is 1. The molecule has 0 saturated heterocycles. The summed E-state index contributed by atoms with van der Waals surface area (Å²) in [5.41, 5.74) is 2.19. The van der Waals surface area contributed by atoms with Gasteiger partial charge in [0.2, 0.25) is 0 Å². The number of carbonyl (C=O) groups excluding carboxylic acids is 1. The van der Waals surface area contributed by atoms with E-state index >= 15 is 0 Å². The normalized spacial score (nSPS) is 15.1. The zero-order valence-corrected chi connectivity index (χ0v) is 11.6. The Bertz CT molecular complexity index is 742. The molecule has 0 saturated carbocycles. The fourth-order valence-corrected chi connectivity index (χ4v) is 2.62. The Hall–Kier alpha value is -2.10. The van der Waals surface area contributed by atoms with E-state index in [1.165, 1.54) is 6.92 Å². The summed E-state index contributed by atoms with van der Waals surface area (Å²) in [5.74, 6) is 0.502. The maximum Gasteiger partial charge on any atom is 0.339 e. The lowest BCUT2D eigenvalue weighted by Crippen LogP contribution is -2.20. The van der Waals surface area contributed by atoms with Gasteiger partial charge in [0.05, 0.1) is 0 Å². The second-order valence-electron chi connectivity index (χ2n) is 5.23. The van der Waals surface area contributed by atoms with E-state index in [1.807, 2.05) is 12.1 Å². The lowest BCUT2D eigenvalue weighted by molar-refractivity contribution is -0.122. The van der Waals surface area contributed by atoms with Gasteiger partial charge in [-0.25, -0.2) is 4.79 Å². The van der Waals surface area contributed by atoms with Gasteiger partial charge in [0.1, 0.15) is 11.3 Å². The highest BCUT2D eigenvalue weighted by Crippen LogP contribution is 2.29. The molecule has 0 spiro atoms. The number of hydrogen-bond donors (Lipinski definition) is 0. The molecule has 0 radical (unpaired) electrons. The third-order valence-corrected chi connectivity index (χ3v) is 3.83. The Morgan fingerprint density at radius 2 is 2.05 bits per heavy atom. The summed E-state index contributed by atoms with van der Waals surface area (Å²) in [6.45, 7) is 3.18. The SMILES string of the molecule is CC(=O)C(C)Oc1ccc2c3c(c(=O)oc2c1)CCC3. The van der Waals surface area contributed by atoms with Crippen molar-refractivity contribution in [1.82, 2.24) is 0 Å². The zero-order chi connectivity index (χ0) is 14.3. The molecule has 1 atom stereocenters. The maximum absolute atomic E-state index is 11.9. The number of fused-ring (bicyclic) bond motifs is 3. The molecule has 0 N–H and O–H groups in total. The molecule has 1 heterocycles. The molecule has 2 aromatic rings. The van der Waals surface area contributed by atoms with Gasteiger partial charge in [-0.15, -0.1) is 0 Å². The Kier molecular flexibility index (Phi) is 3.08. The molecule has 4 heteroatoms. The molecule has 1 aromatic carbocycles. The van der Waals surface area contributed by atoms with Gasteiger partial charge in [-0.1, -0.05) is 0 Å². The van der Waals surface area contributed by atoms with Crippen molar-refractivity contribution < 1.29 is 13.9 Å². The van der Waals surface area contributed by atoms with Gasteiger partial charge in [0.25, 0.3) is 0 Å². The van der Waals surface area contributed by atoms with Gasteiger partial charge >= 0.3 is 5.63 Å². The van der Waals surface area contributed by atoms with Crippen LogP contribution in [0.5, 0.6) is 5.75 Å². The third kappa shape index (κ3) is 2.11. The van der Waals surface area contributed by atoms with Crippen LogP contribution in [0.2, 0.25) is 0 Å². The molecule has 0 amide bonds. The van der Waals surface area contributed by atoms with Crippen molar-refractivity contribution >= 4 is 16.8 Å². The summed E-state index contributed by atoms with van der Waals surface area (Å²) >= 11 is 0. The van der Waals surface area contributed by atoms with Crippen LogP contribution >= 0.6 is 0 Å². The zero-order valence-electron chi connectivity index (χ0n) is 11.6. The van der Waals surface area contributed by atoms with Gasteiger partial charge in [0.15, 0.2) is 11.9 Å². The fourth-order valence-electron chi connectivity index (χ4n) is 2.62. The summed E-state index contributed by atoms with van der Waals surface area (Å²) in [5, 5.41) is 0.972. The van der Waals surface area contributed by atoms with Crippen molar-refractivity contribution in [2.75, 3.05) is 0 Å². The van der Waals surface area contributed by atoms with Gasteiger partial charge in [0, 0.05) is 17.0 Å². The number of Topliss-reactive ketones (excluding diaryl/α,β-unsaturated/α-hetero) is 1. The largest absolute Gasteiger partial charge is 0.483 e. The van der Waals surface area contributed by atoms with Crippen LogP contribution in [0.25, 0.3) is 11.0 Å². The molecule has 104 valence electrons. The Morgan fingerprint density at radius 1 is 1.30 bits per heavy atom. The van der Waals surface area contributed by atoms with Crippen LogP contribution in [0, 0.1) is 0 Å². The van der Waals surface area contributed by atoms with Crippen LogP contribution in [0.3, 0.4) is 0 Å². The second kappa shape index (κ2) is 4.78.